The average Bonchev–Trinajstić information content (AvgIpc) is 3.38. The van der Waals surface area contributed by atoms with Crippen LogP contribution in [-0.4, -0.2) is 21.4 Å². The number of nitrogens with one attached hydrogen (secondary N) is 1. The Morgan fingerprint density at radius 3 is 2.18 bits per heavy atom. The van der Waals surface area contributed by atoms with Crippen LogP contribution in [0.2, 0.25) is 5.02 Å². The van der Waals surface area contributed by atoms with Crippen LogP contribution < -0.4 is 4.72 Å². The maximum absolute atomic E-state index is 13.5. The van der Waals surface area contributed by atoms with Crippen molar-refractivity contribution in [1.29, 1.82) is 0 Å². The number of halogens is 1. The molecule has 1 aliphatic carbocycles. The van der Waals surface area contributed by atoms with Crippen molar-refractivity contribution in [3.05, 3.63) is 34.9 Å². The molecule has 0 aromatic heterocycles. The average molecular weight is 428 g/mol. The molecule has 158 valence electrons. The lowest BCUT2D eigenvalue weighted by Crippen LogP contribution is -2.58. The largest absolute Gasteiger partial charge is 0.598 e. The zero-order valence-corrected chi connectivity index (χ0v) is 19.7. The molecule has 1 fully saturated rings. The number of carbonyl (C=O) groups is 1. The first-order valence-corrected chi connectivity index (χ1v) is 11.5. The van der Waals surface area contributed by atoms with E-state index in [1.165, 1.54) is 0 Å². The Hall–Kier alpha value is -0.750. The van der Waals surface area contributed by atoms with Gasteiger partial charge >= 0.3 is 5.97 Å². The minimum absolute atomic E-state index is 0.106. The van der Waals surface area contributed by atoms with Crippen LogP contribution in [0.5, 0.6) is 0 Å². The topological polar surface area (TPSA) is 61.4 Å². The molecule has 1 aliphatic rings. The van der Waals surface area contributed by atoms with Crippen molar-refractivity contribution in [2.75, 3.05) is 0 Å². The van der Waals surface area contributed by atoms with E-state index >= 15 is 0 Å². The van der Waals surface area contributed by atoms with Crippen molar-refractivity contribution in [1.82, 2.24) is 4.72 Å². The number of hydrogen-bond donors (Lipinski definition) is 1. The van der Waals surface area contributed by atoms with Crippen LogP contribution in [0.1, 0.15) is 73.3 Å². The molecule has 4 nitrogen and oxygen atoms in total. The highest BCUT2D eigenvalue weighted by molar-refractivity contribution is 7.90. The molecular weight excluding hydrogens is 394 g/mol. The van der Waals surface area contributed by atoms with Crippen molar-refractivity contribution in [2.24, 2.45) is 11.3 Å². The maximum atomic E-state index is 13.5. The molecule has 2 unspecified atom stereocenters. The van der Waals surface area contributed by atoms with E-state index in [4.69, 9.17) is 16.3 Å². The molecule has 0 spiro atoms. The quantitative estimate of drug-likeness (QED) is 0.447. The van der Waals surface area contributed by atoms with Gasteiger partial charge in [-0.15, -0.1) is 4.72 Å². The normalized spacial score (nSPS) is 18.6. The molecule has 1 aromatic carbocycles. The highest BCUT2D eigenvalue weighted by Gasteiger charge is 2.53. The Kier molecular flexibility index (Phi) is 7.18. The van der Waals surface area contributed by atoms with Crippen LogP contribution in [0.3, 0.4) is 0 Å². The van der Waals surface area contributed by atoms with E-state index < -0.39 is 27.6 Å². The molecule has 6 heteroatoms. The monoisotopic (exact) mass is 427 g/mol. The number of ether oxygens (including phenoxy) is 1. The third kappa shape index (κ3) is 5.65. The standard InChI is InChI=1S/C22H34ClNO3S/c1-15(2)27-19(25)22(24-28(26)20(3,4)5,14-21(6,7)16-8-9-16)17-10-12-18(23)13-11-17/h10-13,15-16,24H,8-9,14H2,1-7H3. The summed E-state index contributed by atoms with van der Waals surface area (Å²) in [6.45, 7) is 13.7. The van der Waals surface area contributed by atoms with Crippen LogP contribution in [0.25, 0.3) is 0 Å². The van der Waals surface area contributed by atoms with E-state index in [0.29, 0.717) is 17.4 Å². The molecule has 28 heavy (non-hydrogen) atoms. The predicted octanol–water partition coefficient (Wildman–Crippen LogP) is 5.37. The summed E-state index contributed by atoms with van der Waals surface area (Å²) < 4.78 is 21.5. The van der Waals surface area contributed by atoms with Gasteiger partial charge in [0.1, 0.15) is 4.75 Å². The SMILES string of the molecule is CC(C)OC(=O)C(CC(C)(C)C1CC1)(N[S+]([O-])C(C)(C)C)c1ccc(Cl)cc1. The number of rotatable bonds is 8. The molecule has 1 N–H and O–H groups in total. The summed E-state index contributed by atoms with van der Waals surface area (Å²) in [5.41, 5.74) is -0.585. The third-order valence-electron chi connectivity index (χ3n) is 5.25. The van der Waals surface area contributed by atoms with E-state index in [1.807, 2.05) is 46.8 Å². The van der Waals surface area contributed by atoms with Crippen LogP contribution in [-0.2, 0) is 26.4 Å². The van der Waals surface area contributed by atoms with Crippen LogP contribution >= 0.6 is 11.6 Å². The lowest BCUT2D eigenvalue weighted by molar-refractivity contribution is -0.157. The Morgan fingerprint density at radius 2 is 1.75 bits per heavy atom. The highest BCUT2D eigenvalue weighted by Crippen LogP contribution is 2.51. The van der Waals surface area contributed by atoms with Gasteiger partial charge in [-0.05, 0) is 82.9 Å². The van der Waals surface area contributed by atoms with Gasteiger partial charge in [0.25, 0.3) is 0 Å². The van der Waals surface area contributed by atoms with Gasteiger partial charge in [-0.2, -0.15) is 0 Å². The van der Waals surface area contributed by atoms with Gasteiger partial charge < -0.3 is 9.29 Å². The Bertz CT molecular complexity index is 680. The van der Waals surface area contributed by atoms with Crippen LogP contribution in [0, 0.1) is 11.3 Å². The molecule has 2 rings (SSSR count). The fourth-order valence-corrected chi connectivity index (χ4v) is 4.50. The first-order chi connectivity index (χ1) is 12.8. The smallest absolute Gasteiger partial charge is 0.335 e. The molecule has 0 saturated heterocycles. The van der Waals surface area contributed by atoms with Crippen LogP contribution in [0.4, 0.5) is 0 Å². The van der Waals surface area contributed by atoms with E-state index in [9.17, 15) is 9.35 Å². The lowest BCUT2D eigenvalue weighted by Gasteiger charge is -2.41. The molecule has 0 aliphatic heterocycles. The van der Waals surface area contributed by atoms with Gasteiger partial charge in [0.15, 0.2) is 5.54 Å². The molecular formula is C22H34ClNO3S. The Morgan fingerprint density at radius 1 is 1.21 bits per heavy atom. The molecule has 1 aromatic rings. The molecule has 1 saturated carbocycles. The number of benzene rings is 1. The van der Waals surface area contributed by atoms with Gasteiger partial charge in [0.2, 0.25) is 0 Å². The van der Waals surface area contributed by atoms with E-state index in [-0.39, 0.29) is 11.5 Å². The second kappa shape index (κ2) is 8.55. The molecule has 2 atom stereocenters. The molecule has 0 bridgehead atoms. The Balaban J connectivity index is 2.58. The summed E-state index contributed by atoms with van der Waals surface area (Å²) in [4.78, 5) is 13.5. The van der Waals surface area contributed by atoms with Crippen molar-refractivity contribution < 1.29 is 14.1 Å². The summed E-state index contributed by atoms with van der Waals surface area (Å²) in [5.74, 6) is 0.159. The second-order valence-corrected chi connectivity index (χ2v) is 12.2. The van der Waals surface area contributed by atoms with Crippen molar-refractivity contribution >= 4 is 28.9 Å². The zero-order valence-electron chi connectivity index (χ0n) is 18.1. The summed E-state index contributed by atoms with van der Waals surface area (Å²) in [7, 11) is 0. The minimum Gasteiger partial charge on any atom is -0.598 e. The summed E-state index contributed by atoms with van der Waals surface area (Å²) in [6.07, 6.45) is 2.55. The van der Waals surface area contributed by atoms with Gasteiger partial charge in [0, 0.05) is 16.4 Å². The van der Waals surface area contributed by atoms with Crippen molar-refractivity contribution in [3.8, 4) is 0 Å². The van der Waals surface area contributed by atoms with Crippen molar-refractivity contribution in [2.45, 2.75) is 84.1 Å². The summed E-state index contributed by atoms with van der Waals surface area (Å²) in [5, 5.41) is 0.591. The maximum Gasteiger partial charge on any atom is 0.335 e. The lowest BCUT2D eigenvalue weighted by atomic mass is 9.72. The fraction of sp³-hybridized carbons (Fsp3) is 0.682. The first kappa shape index (κ1) is 23.5. The highest BCUT2D eigenvalue weighted by atomic mass is 35.5. The van der Waals surface area contributed by atoms with Gasteiger partial charge in [-0.1, -0.05) is 37.6 Å². The van der Waals surface area contributed by atoms with Crippen molar-refractivity contribution in [3.63, 3.8) is 0 Å². The minimum atomic E-state index is -1.46. The Labute approximate surface area is 178 Å². The van der Waals surface area contributed by atoms with E-state index in [1.54, 1.807) is 12.1 Å². The van der Waals surface area contributed by atoms with E-state index in [2.05, 4.69) is 18.6 Å². The van der Waals surface area contributed by atoms with Gasteiger partial charge in [0.05, 0.1) is 6.10 Å². The summed E-state index contributed by atoms with van der Waals surface area (Å²) >= 11 is 4.64. The second-order valence-electron chi connectivity index (χ2n) is 9.79. The van der Waals surface area contributed by atoms with Gasteiger partial charge in [-0.25, -0.2) is 4.79 Å². The molecule has 0 radical (unpaired) electrons. The predicted molar refractivity (Wildman–Crippen MR) is 117 cm³/mol. The van der Waals surface area contributed by atoms with E-state index in [0.717, 1.165) is 18.4 Å². The number of hydrogen-bond acceptors (Lipinski definition) is 4. The number of esters is 1. The molecule has 0 heterocycles. The zero-order chi connectivity index (χ0) is 21.3. The molecule has 0 amide bonds. The fourth-order valence-electron chi connectivity index (χ4n) is 3.48. The van der Waals surface area contributed by atoms with Crippen LogP contribution in [0.15, 0.2) is 24.3 Å². The third-order valence-corrected chi connectivity index (χ3v) is 7.15. The number of carbonyl (C=O) groups excluding carboxylic acids is 1. The first-order valence-electron chi connectivity index (χ1n) is 9.95. The van der Waals surface area contributed by atoms with Gasteiger partial charge in [-0.3, -0.25) is 0 Å². The summed E-state index contributed by atoms with van der Waals surface area (Å²) in [6, 6.07) is 7.19.